The van der Waals surface area contributed by atoms with Crippen LogP contribution in [0.25, 0.3) is 6.08 Å². The highest BCUT2D eigenvalue weighted by atomic mass is 35.5. The van der Waals surface area contributed by atoms with Crippen LogP contribution in [0.2, 0.25) is 5.02 Å². The molecule has 39 heavy (non-hydrogen) atoms. The van der Waals surface area contributed by atoms with E-state index in [1.54, 1.807) is 42.5 Å². The number of hydrogen-bond donors (Lipinski definition) is 0. The van der Waals surface area contributed by atoms with E-state index < -0.39 is 10.0 Å². The average Bonchev–Trinajstić information content (AvgIpc) is 3.21. The molecule has 4 rings (SSSR count). The smallest absolute Gasteiger partial charge is 0.284 e. The van der Waals surface area contributed by atoms with Gasteiger partial charge in [0.15, 0.2) is 16.7 Å². The summed E-state index contributed by atoms with van der Waals surface area (Å²) >= 11 is 7.21. The van der Waals surface area contributed by atoms with E-state index in [9.17, 15) is 13.2 Å². The zero-order chi connectivity index (χ0) is 28.0. The number of carbonyl (C=O) groups excluding carboxylic acids is 1. The summed E-state index contributed by atoms with van der Waals surface area (Å²) in [6.45, 7) is 6.05. The highest BCUT2D eigenvalue weighted by Crippen LogP contribution is 2.36. The van der Waals surface area contributed by atoms with Crippen LogP contribution in [-0.4, -0.2) is 38.0 Å². The molecule has 0 saturated carbocycles. The number of carbonyl (C=O) groups is 1. The van der Waals surface area contributed by atoms with Crippen molar-refractivity contribution in [2.75, 3.05) is 13.7 Å². The van der Waals surface area contributed by atoms with Gasteiger partial charge in [0, 0.05) is 17.1 Å². The van der Waals surface area contributed by atoms with Gasteiger partial charge in [0.25, 0.3) is 15.9 Å². The van der Waals surface area contributed by atoms with Crippen LogP contribution >= 0.6 is 23.4 Å². The number of hydrogen-bond acceptors (Lipinski definition) is 6. The minimum Gasteiger partial charge on any atom is -0.493 e. The SMILES string of the molecule is C=CCN1C(=O)C(=Cc2ccc(OCc3ccccc3Cl)c(OC)c2)SC1=NS(=O)(=O)c1ccc(CC)cc1. The van der Waals surface area contributed by atoms with Crippen LogP contribution in [0.4, 0.5) is 0 Å². The van der Waals surface area contributed by atoms with Crippen molar-refractivity contribution in [1.29, 1.82) is 0 Å². The van der Waals surface area contributed by atoms with Crippen LogP contribution in [-0.2, 0) is 27.8 Å². The number of aryl methyl sites for hydroxylation is 1. The first-order chi connectivity index (χ1) is 18.7. The largest absolute Gasteiger partial charge is 0.493 e. The number of amides is 1. The van der Waals surface area contributed by atoms with Gasteiger partial charge >= 0.3 is 0 Å². The monoisotopic (exact) mass is 582 g/mol. The molecule has 0 bridgehead atoms. The molecule has 3 aromatic rings. The van der Waals surface area contributed by atoms with Gasteiger partial charge in [-0.3, -0.25) is 9.69 Å². The van der Waals surface area contributed by atoms with Gasteiger partial charge in [0.2, 0.25) is 0 Å². The van der Waals surface area contributed by atoms with E-state index >= 15 is 0 Å². The summed E-state index contributed by atoms with van der Waals surface area (Å²) in [4.78, 5) is 14.8. The highest BCUT2D eigenvalue weighted by Gasteiger charge is 2.34. The Morgan fingerprint density at radius 2 is 1.82 bits per heavy atom. The van der Waals surface area contributed by atoms with Crippen molar-refractivity contribution in [1.82, 2.24) is 4.90 Å². The fourth-order valence-electron chi connectivity index (χ4n) is 3.73. The van der Waals surface area contributed by atoms with E-state index in [0.717, 1.165) is 29.3 Å². The minimum atomic E-state index is -4.02. The Kier molecular flexibility index (Phi) is 9.16. The maximum Gasteiger partial charge on any atom is 0.284 e. The molecule has 0 radical (unpaired) electrons. The Morgan fingerprint density at radius 1 is 1.08 bits per heavy atom. The predicted octanol–water partition coefficient (Wildman–Crippen LogP) is 6.34. The van der Waals surface area contributed by atoms with Gasteiger partial charge in [0.05, 0.1) is 16.9 Å². The van der Waals surface area contributed by atoms with E-state index in [1.807, 2.05) is 25.1 Å². The fourth-order valence-corrected chi connectivity index (χ4v) is 6.11. The fraction of sp³-hybridized carbons (Fsp3) is 0.172. The summed E-state index contributed by atoms with van der Waals surface area (Å²) in [5, 5.41) is 0.675. The molecule has 1 saturated heterocycles. The zero-order valence-corrected chi connectivity index (χ0v) is 23.9. The first-order valence-corrected chi connectivity index (χ1v) is 14.7. The molecule has 0 unspecified atom stereocenters. The van der Waals surface area contributed by atoms with Crippen LogP contribution in [0, 0.1) is 0 Å². The van der Waals surface area contributed by atoms with Gasteiger partial charge in [-0.25, -0.2) is 0 Å². The van der Waals surface area contributed by atoms with Crippen molar-refractivity contribution in [2.45, 2.75) is 24.8 Å². The predicted molar refractivity (Wildman–Crippen MR) is 157 cm³/mol. The van der Waals surface area contributed by atoms with Gasteiger partial charge in [0.1, 0.15) is 6.61 Å². The molecule has 0 aromatic heterocycles. The van der Waals surface area contributed by atoms with E-state index in [-0.39, 0.29) is 29.1 Å². The van der Waals surface area contributed by atoms with E-state index in [2.05, 4.69) is 11.0 Å². The lowest BCUT2D eigenvalue weighted by molar-refractivity contribution is -0.121. The van der Waals surface area contributed by atoms with Crippen LogP contribution in [0.5, 0.6) is 11.5 Å². The Morgan fingerprint density at radius 3 is 2.49 bits per heavy atom. The second-order valence-electron chi connectivity index (χ2n) is 8.45. The van der Waals surface area contributed by atoms with Crippen molar-refractivity contribution in [3.05, 3.63) is 106 Å². The zero-order valence-electron chi connectivity index (χ0n) is 21.5. The molecule has 1 fully saturated rings. The summed E-state index contributed by atoms with van der Waals surface area (Å²) < 4.78 is 41.4. The third kappa shape index (κ3) is 6.73. The topological polar surface area (TPSA) is 85.3 Å². The lowest BCUT2D eigenvalue weighted by Gasteiger charge is -2.13. The lowest BCUT2D eigenvalue weighted by Crippen LogP contribution is -2.29. The maximum absolute atomic E-state index is 13.2. The molecule has 1 aliphatic heterocycles. The van der Waals surface area contributed by atoms with Gasteiger partial charge < -0.3 is 9.47 Å². The standard InChI is InChI=1S/C29H27ClN2O5S2/c1-4-16-32-28(33)27(38-29(32)31-39(34,35)23-13-10-20(5-2)11-14-23)18-21-12-15-25(26(17-21)36-3)37-19-22-8-6-7-9-24(22)30/h4,6-15,17-18H,1,5,16,19H2,2-3H3. The van der Waals surface area contributed by atoms with Crippen molar-refractivity contribution in [3.63, 3.8) is 0 Å². The normalized spacial score (nSPS) is 15.7. The molecule has 0 N–H and O–H groups in total. The first-order valence-electron chi connectivity index (χ1n) is 12.1. The van der Waals surface area contributed by atoms with Crippen LogP contribution < -0.4 is 9.47 Å². The molecule has 1 aliphatic rings. The molecule has 3 aromatic carbocycles. The lowest BCUT2D eigenvalue weighted by atomic mass is 10.1. The summed E-state index contributed by atoms with van der Waals surface area (Å²) in [7, 11) is -2.50. The third-order valence-electron chi connectivity index (χ3n) is 5.85. The Hall–Kier alpha value is -3.53. The number of sulfonamides is 1. The minimum absolute atomic E-state index is 0.0633. The number of thioether (sulfide) groups is 1. The molecule has 202 valence electrons. The quantitative estimate of drug-likeness (QED) is 0.205. The summed E-state index contributed by atoms with van der Waals surface area (Å²) in [5.74, 6) is 0.621. The van der Waals surface area contributed by atoms with Crippen molar-refractivity contribution in [2.24, 2.45) is 4.40 Å². The number of rotatable bonds is 10. The third-order valence-corrected chi connectivity index (χ3v) is 8.63. The second-order valence-corrected chi connectivity index (χ2v) is 11.5. The number of amidine groups is 1. The molecule has 7 nitrogen and oxygen atoms in total. The number of methoxy groups -OCH3 is 1. The number of benzene rings is 3. The molecule has 0 atom stereocenters. The summed E-state index contributed by atoms with van der Waals surface area (Å²) in [6, 6.07) is 19.2. The van der Waals surface area contributed by atoms with Crippen LogP contribution in [0.1, 0.15) is 23.6 Å². The molecule has 0 aliphatic carbocycles. The van der Waals surface area contributed by atoms with Gasteiger partial charge in [-0.05, 0) is 65.7 Å². The summed E-state index contributed by atoms with van der Waals surface area (Å²) in [5.41, 5.74) is 2.53. The summed E-state index contributed by atoms with van der Waals surface area (Å²) in [6.07, 6.45) is 3.97. The van der Waals surface area contributed by atoms with E-state index in [0.29, 0.717) is 27.0 Å². The first kappa shape index (κ1) is 28.5. The second kappa shape index (κ2) is 12.5. The molecule has 1 heterocycles. The van der Waals surface area contributed by atoms with E-state index in [4.69, 9.17) is 21.1 Å². The van der Waals surface area contributed by atoms with Crippen molar-refractivity contribution < 1.29 is 22.7 Å². The van der Waals surface area contributed by atoms with E-state index in [1.165, 1.54) is 30.2 Å². The molecular formula is C29H27ClN2O5S2. The van der Waals surface area contributed by atoms with Crippen molar-refractivity contribution >= 4 is 50.5 Å². The maximum atomic E-state index is 13.2. The Labute approximate surface area is 237 Å². The van der Waals surface area contributed by atoms with Crippen LogP contribution in [0.15, 0.2) is 93.6 Å². The number of ether oxygens (including phenoxy) is 2. The number of nitrogens with zero attached hydrogens (tertiary/aromatic N) is 2. The molecular weight excluding hydrogens is 556 g/mol. The Balaban J connectivity index is 1.59. The molecule has 1 amide bonds. The van der Waals surface area contributed by atoms with Crippen LogP contribution in [0.3, 0.4) is 0 Å². The van der Waals surface area contributed by atoms with Crippen molar-refractivity contribution in [3.8, 4) is 11.5 Å². The van der Waals surface area contributed by atoms with Gasteiger partial charge in [-0.1, -0.05) is 61.0 Å². The molecule has 0 spiro atoms. The molecule has 10 heteroatoms. The average molecular weight is 583 g/mol. The number of halogens is 1. The Bertz CT molecular complexity index is 1550. The highest BCUT2D eigenvalue weighted by molar-refractivity contribution is 8.19. The van der Waals surface area contributed by atoms with Gasteiger partial charge in [-0.15, -0.1) is 11.0 Å². The van der Waals surface area contributed by atoms with Gasteiger partial charge in [-0.2, -0.15) is 8.42 Å².